The van der Waals surface area contributed by atoms with Gasteiger partial charge in [0.2, 0.25) is 0 Å². The minimum Gasteiger partial charge on any atom is -0.384 e. The van der Waals surface area contributed by atoms with Gasteiger partial charge in [-0.05, 0) is 42.9 Å². The number of nitrogens with one attached hydrogen (secondary N) is 2. The monoisotopic (exact) mass is 236 g/mol. The van der Waals surface area contributed by atoms with E-state index in [0.717, 1.165) is 24.2 Å². The van der Waals surface area contributed by atoms with Crippen molar-refractivity contribution in [3.63, 3.8) is 0 Å². The Hall–Kier alpha value is -0.730. The summed E-state index contributed by atoms with van der Waals surface area (Å²) in [6, 6.07) is 6.97. The summed E-state index contributed by atoms with van der Waals surface area (Å²) in [6.45, 7) is 2.20. The van der Waals surface area contributed by atoms with E-state index in [0.29, 0.717) is 5.92 Å². The van der Waals surface area contributed by atoms with Gasteiger partial charge < -0.3 is 10.6 Å². The molecule has 1 aromatic rings. The number of anilines is 1. The van der Waals surface area contributed by atoms with E-state index in [2.05, 4.69) is 16.7 Å². The minimum atomic E-state index is 0.717. The third kappa shape index (κ3) is 2.33. The Morgan fingerprint density at radius 3 is 3.06 bits per heavy atom. The standard InChI is InChI=1S/C13H17ClN2/c14-11-2-1-10-5-9(7-15-12-3-4-12)8-16-13(10)6-11/h1-2,6,9,12,15-16H,3-5,7-8H2. The lowest BCUT2D eigenvalue weighted by Gasteiger charge is -2.26. The number of fused-ring (bicyclic) bond motifs is 1. The van der Waals surface area contributed by atoms with Crippen molar-refractivity contribution in [2.24, 2.45) is 5.92 Å². The van der Waals surface area contributed by atoms with Crippen molar-refractivity contribution >= 4 is 17.3 Å². The van der Waals surface area contributed by atoms with E-state index in [9.17, 15) is 0 Å². The lowest BCUT2D eigenvalue weighted by molar-refractivity contribution is 0.482. The number of halogens is 1. The highest BCUT2D eigenvalue weighted by Crippen LogP contribution is 2.28. The zero-order valence-corrected chi connectivity index (χ0v) is 10.1. The van der Waals surface area contributed by atoms with Crippen LogP contribution >= 0.6 is 11.6 Å². The third-order valence-electron chi connectivity index (χ3n) is 3.43. The van der Waals surface area contributed by atoms with Gasteiger partial charge in [0, 0.05) is 29.8 Å². The highest BCUT2D eigenvalue weighted by Gasteiger charge is 2.23. The van der Waals surface area contributed by atoms with Gasteiger partial charge in [0.25, 0.3) is 0 Å². The van der Waals surface area contributed by atoms with Crippen LogP contribution < -0.4 is 10.6 Å². The zero-order chi connectivity index (χ0) is 11.0. The molecule has 0 aromatic heterocycles. The summed E-state index contributed by atoms with van der Waals surface area (Å²) in [7, 11) is 0. The molecule has 1 unspecified atom stereocenters. The van der Waals surface area contributed by atoms with Crippen LogP contribution in [0.2, 0.25) is 5.02 Å². The average molecular weight is 237 g/mol. The Morgan fingerprint density at radius 2 is 2.25 bits per heavy atom. The van der Waals surface area contributed by atoms with Crippen molar-refractivity contribution in [3.8, 4) is 0 Å². The molecule has 0 spiro atoms. The van der Waals surface area contributed by atoms with E-state index in [-0.39, 0.29) is 0 Å². The van der Waals surface area contributed by atoms with E-state index < -0.39 is 0 Å². The quantitative estimate of drug-likeness (QED) is 0.843. The Labute approximate surface area is 101 Å². The van der Waals surface area contributed by atoms with Crippen LogP contribution in [0.5, 0.6) is 0 Å². The molecule has 1 atom stereocenters. The van der Waals surface area contributed by atoms with Crippen molar-refractivity contribution in [3.05, 3.63) is 28.8 Å². The first-order chi connectivity index (χ1) is 7.81. The smallest absolute Gasteiger partial charge is 0.0426 e. The number of benzene rings is 1. The second-order valence-corrected chi connectivity index (χ2v) is 5.37. The maximum atomic E-state index is 5.97. The fourth-order valence-corrected chi connectivity index (χ4v) is 2.47. The van der Waals surface area contributed by atoms with Gasteiger partial charge in [-0.3, -0.25) is 0 Å². The molecule has 0 saturated heterocycles. The summed E-state index contributed by atoms with van der Waals surface area (Å²) in [5, 5.41) is 7.90. The molecule has 1 aliphatic heterocycles. The lowest BCUT2D eigenvalue weighted by Crippen LogP contribution is -2.33. The summed E-state index contributed by atoms with van der Waals surface area (Å²) in [6.07, 6.45) is 3.90. The first-order valence-corrected chi connectivity index (χ1v) is 6.45. The number of rotatable bonds is 3. The van der Waals surface area contributed by atoms with Crippen LogP contribution in [0.1, 0.15) is 18.4 Å². The molecule has 1 fully saturated rings. The molecule has 86 valence electrons. The van der Waals surface area contributed by atoms with Crippen LogP contribution in [0.15, 0.2) is 18.2 Å². The van der Waals surface area contributed by atoms with Crippen LogP contribution in [0.25, 0.3) is 0 Å². The third-order valence-corrected chi connectivity index (χ3v) is 3.67. The normalized spacial score (nSPS) is 23.7. The Bertz CT molecular complexity index is 388. The van der Waals surface area contributed by atoms with E-state index >= 15 is 0 Å². The van der Waals surface area contributed by atoms with Crippen LogP contribution in [-0.2, 0) is 6.42 Å². The molecular formula is C13H17ClN2. The molecule has 2 aliphatic rings. The second-order valence-electron chi connectivity index (χ2n) is 4.94. The predicted octanol–water partition coefficient (Wildman–Crippen LogP) is 2.68. The molecule has 3 rings (SSSR count). The molecule has 0 radical (unpaired) electrons. The molecule has 0 amide bonds. The average Bonchev–Trinajstić information content (AvgIpc) is 3.10. The molecule has 16 heavy (non-hydrogen) atoms. The maximum absolute atomic E-state index is 5.97. The van der Waals surface area contributed by atoms with Gasteiger partial charge in [-0.15, -0.1) is 0 Å². The maximum Gasteiger partial charge on any atom is 0.0426 e. The van der Waals surface area contributed by atoms with Crippen LogP contribution in [-0.4, -0.2) is 19.1 Å². The highest BCUT2D eigenvalue weighted by molar-refractivity contribution is 6.30. The van der Waals surface area contributed by atoms with E-state index in [1.807, 2.05) is 12.1 Å². The Balaban J connectivity index is 1.63. The van der Waals surface area contributed by atoms with Crippen molar-refractivity contribution in [2.45, 2.75) is 25.3 Å². The van der Waals surface area contributed by atoms with Crippen molar-refractivity contribution < 1.29 is 0 Å². The molecule has 1 aromatic carbocycles. The van der Waals surface area contributed by atoms with Crippen LogP contribution in [0, 0.1) is 5.92 Å². The van der Waals surface area contributed by atoms with Crippen LogP contribution in [0.3, 0.4) is 0 Å². The summed E-state index contributed by atoms with van der Waals surface area (Å²) in [5.74, 6) is 0.717. The minimum absolute atomic E-state index is 0.717. The Morgan fingerprint density at radius 1 is 1.38 bits per heavy atom. The topological polar surface area (TPSA) is 24.1 Å². The molecule has 0 bridgehead atoms. The lowest BCUT2D eigenvalue weighted by atomic mass is 9.94. The predicted molar refractivity (Wildman–Crippen MR) is 68.2 cm³/mol. The summed E-state index contributed by atoms with van der Waals surface area (Å²) >= 11 is 5.97. The fourth-order valence-electron chi connectivity index (χ4n) is 2.29. The molecule has 2 nitrogen and oxygen atoms in total. The molecular weight excluding hydrogens is 220 g/mol. The van der Waals surface area contributed by atoms with E-state index in [1.165, 1.54) is 30.5 Å². The molecule has 1 aliphatic carbocycles. The second kappa shape index (κ2) is 4.27. The van der Waals surface area contributed by atoms with Gasteiger partial charge in [-0.2, -0.15) is 0 Å². The highest BCUT2D eigenvalue weighted by atomic mass is 35.5. The summed E-state index contributed by atoms with van der Waals surface area (Å²) < 4.78 is 0. The zero-order valence-electron chi connectivity index (χ0n) is 9.30. The molecule has 1 saturated carbocycles. The van der Waals surface area contributed by atoms with Gasteiger partial charge in [-0.25, -0.2) is 0 Å². The fraction of sp³-hybridized carbons (Fsp3) is 0.538. The van der Waals surface area contributed by atoms with Crippen molar-refractivity contribution in [2.75, 3.05) is 18.4 Å². The molecule has 1 heterocycles. The van der Waals surface area contributed by atoms with Crippen LogP contribution in [0.4, 0.5) is 5.69 Å². The van der Waals surface area contributed by atoms with E-state index in [1.54, 1.807) is 0 Å². The first-order valence-electron chi connectivity index (χ1n) is 6.07. The van der Waals surface area contributed by atoms with Gasteiger partial charge in [0.15, 0.2) is 0 Å². The van der Waals surface area contributed by atoms with Crippen molar-refractivity contribution in [1.82, 2.24) is 5.32 Å². The summed E-state index contributed by atoms with van der Waals surface area (Å²) in [5.41, 5.74) is 2.62. The SMILES string of the molecule is Clc1ccc2c(c1)NCC(CNC1CC1)C2. The number of hydrogen-bond donors (Lipinski definition) is 2. The van der Waals surface area contributed by atoms with Gasteiger partial charge in [0.1, 0.15) is 0 Å². The van der Waals surface area contributed by atoms with Gasteiger partial charge in [-0.1, -0.05) is 17.7 Å². The molecule has 3 heteroatoms. The summed E-state index contributed by atoms with van der Waals surface area (Å²) in [4.78, 5) is 0. The number of hydrogen-bond acceptors (Lipinski definition) is 2. The van der Waals surface area contributed by atoms with Crippen molar-refractivity contribution in [1.29, 1.82) is 0 Å². The Kier molecular flexibility index (Phi) is 2.78. The van der Waals surface area contributed by atoms with Gasteiger partial charge in [0.05, 0.1) is 0 Å². The first kappa shape index (κ1) is 10.4. The van der Waals surface area contributed by atoms with E-state index in [4.69, 9.17) is 11.6 Å². The largest absolute Gasteiger partial charge is 0.384 e. The van der Waals surface area contributed by atoms with Gasteiger partial charge >= 0.3 is 0 Å². The molecule has 2 N–H and O–H groups in total.